The van der Waals surface area contributed by atoms with Gasteiger partial charge < -0.3 is 9.32 Å². The third-order valence-corrected chi connectivity index (χ3v) is 7.21. The van der Waals surface area contributed by atoms with Crippen LogP contribution in [0, 0.1) is 0 Å². The number of nitrogens with zero attached hydrogens (tertiary/aromatic N) is 4. The van der Waals surface area contributed by atoms with Crippen molar-refractivity contribution in [1.29, 1.82) is 0 Å². The zero-order valence-corrected chi connectivity index (χ0v) is 20.2. The number of rotatable bonds is 7. The Morgan fingerprint density at radius 2 is 1.79 bits per heavy atom. The van der Waals surface area contributed by atoms with E-state index < -0.39 is 0 Å². The molecule has 0 bridgehead atoms. The van der Waals surface area contributed by atoms with Gasteiger partial charge in [0.25, 0.3) is 0 Å². The molecule has 0 amide bonds. The van der Waals surface area contributed by atoms with Crippen LogP contribution in [0.2, 0.25) is 0 Å². The molecule has 0 unspecified atom stereocenters. The van der Waals surface area contributed by atoms with Gasteiger partial charge in [-0.25, -0.2) is 0 Å². The van der Waals surface area contributed by atoms with E-state index in [0.29, 0.717) is 23.3 Å². The van der Waals surface area contributed by atoms with Crippen molar-refractivity contribution in [2.45, 2.75) is 31.0 Å². The molecule has 2 aromatic heterocycles. The van der Waals surface area contributed by atoms with Crippen molar-refractivity contribution in [3.8, 4) is 11.6 Å². The molecule has 0 atom stereocenters. The van der Waals surface area contributed by atoms with Gasteiger partial charge in [0.2, 0.25) is 5.82 Å². The normalized spacial score (nSPS) is 15.6. The Hall–Kier alpha value is -3.58. The van der Waals surface area contributed by atoms with Gasteiger partial charge in [0.1, 0.15) is 0 Å². The topological polar surface area (TPSA) is 64.2 Å². The van der Waals surface area contributed by atoms with Crippen LogP contribution in [-0.4, -0.2) is 33.3 Å². The van der Waals surface area contributed by atoms with E-state index in [0.717, 1.165) is 16.9 Å². The van der Waals surface area contributed by atoms with Gasteiger partial charge in [0, 0.05) is 29.9 Å². The van der Waals surface area contributed by atoms with E-state index in [1.54, 1.807) is 12.3 Å². The summed E-state index contributed by atoms with van der Waals surface area (Å²) in [4.78, 5) is 15.2. The predicted molar refractivity (Wildman–Crippen MR) is 135 cm³/mol. The Kier molecular flexibility index (Phi) is 5.87. The van der Waals surface area contributed by atoms with Crippen LogP contribution in [0.1, 0.15) is 25.0 Å². The molecule has 0 spiro atoms. The highest BCUT2D eigenvalue weighted by atomic mass is 32.2. The van der Waals surface area contributed by atoms with Crippen molar-refractivity contribution in [3.63, 3.8) is 0 Å². The first-order valence-electron chi connectivity index (χ1n) is 11.2. The van der Waals surface area contributed by atoms with Gasteiger partial charge in [0.05, 0.1) is 18.6 Å². The molecule has 0 aliphatic carbocycles. The fraction of sp³-hybridized carbons (Fsp3) is 0.222. The summed E-state index contributed by atoms with van der Waals surface area (Å²) in [6.45, 7) is 4.91. The van der Waals surface area contributed by atoms with Crippen LogP contribution in [-0.2, 0) is 16.8 Å². The van der Waals surface area contributed by atoms with Gasteiger partial charge in [-0.05, 0) is 29.3 Å². The maximum absolute atomic E-state index is 13.1. The molecule has 7 heteroatoms. The lowest BCUT2D eigenvalue weighted by molar-refractivity contribution is -0.112. The van der Waals surface area contributed by atoms with Crippen molar-refractivity contribution in [2.75, 3.05) is 17.7 Å². The number of hydrogen-bond acceptors (Lipinski definition) is 6. The molecule has 0 N–H and O–H groups in total. The molecular weight excluding hydrogens is 444 g/mol. The van der Waals surface area contributed by atoms with Crippen molar-refractivity contribution in [3.05, 3.63) is 95.9 Å². The number of fused-ring (bicyclic) bond motifs is 1. The molecule has 1 aliphatic rings. The van der Waals surface area contributed by atoms with E-state index in [2.05, 4.69) is 53.2 Å². The number of anilines is 1. The average Bonchev–Trinajstić information content (AvgIpc) is 3.55. The Morgan fingerprint density at radius 3 is 2.53 bits per heavy atom. The highest BCUT2D eigenvalue weighted by Gasteiger charge is 2.38. The standard InChI is InChI=1S/C27H26N4O2S/c1-27(2)21-12-7-8-13-22(21)30(3)24(27)16-20(32)18-34-26-29-28-25(23-14-9-15-33-23)31(26)17-19-10-5-4-6-11-19/h4-16H,17-18H2,1-3H3/b24-16+. The Balaban J connectivity index is 1.38. The third kappa shape index (κ3) is 4.07. The van der Waals surface area contributed by atoms with Gasteiger partial charge >= 0.3 is 0 Å². The van der Waals surface area contributed by atoms with E-state index >= 15 is 0 Å². The van der Waals surface area contributed by atoms with Crippen molar-refractivity contribution >= 4 is 23.2 Å². The second-order valence-electron chi connectivity index (χ2n) is 8.84. The number of thioether (sulfide) groups is 1. The van der Waals surface area contributed by atoms with Crippen LogP contribution in [0.5, 0.6) is 0 Å². The van der Waals surface area contributed by atoms with Gasteiger partial charge in [-0.15, -0.1) is 10.2 Å². The van der Waals surface area contributed by atoms with Crippen LogP contribution < -0.4 is 4.90 Å². The van der Waals surface area contributed by atoms with Crippen LogP contribution in [0.25, 0.3) is 11.6 Å². The lowest BCUT2D eigenvalue weighted by Crippen LogP contribution is -2.24. The largest absolute Gasteiger partial charge is 0.461 e. The monoisotopic (exact) mass is 470 g/mol. The summed E-state index contributed by atoms with van der Waals surface area (Å²) in [7, 11) is 2.02. The minimum atomic E-state index is -0.231. The van der Waals surface area contributed by atoms with Crippen molar-refractivity contribution in [1.82, 2.24) is 14.8 Å². The van der Waals surface area contributed by atoms with E-state index in [9.17, 15) is 4.79 Å². The quantitative estimate of drug-likeness (QED) is 0.260. The molecule has 4 aromatic rings. The van der Waals surface area contributed by atoms with Gasteiger partial charge in [0.15, 0.2) is 16.7 Å². The number of furan rings is 1. The zero-order valence-electron chi connectivity index (χ0n) is 19.4. The smallest absolute Gasteiger partial charge is 0.200 e. The first-order chi connectivity index (χ1) is 16.4. The second-order valence-corrected chi connectivity index (χ2v) is 9.78. The number of ketones is 1. The number of aromatic nitrogens is 3. The Bertz CT molecular complexity index is 1340. The van der Waals surface area contributed by atoms with Crippen molar-refractivity contribution < 1.29 is 9.21 Å². The van der Waals surface area contributed by atoms with Crippen LogP contribution in [0.4, 0.5) is 5.69 Å². The molecule has 0 fully saturated rings. The van der Waals surface area contributed by atoms with Gasteiger partial charge in [-0.2, -0.15) is 0 Å². The summed E-state index contributed by atoms with van der Waals surface area (Å²) < 4.78 is 7.58. The Morgan fingerprint density at radius 1 is 1.03 bits per heavy atom. The van der Waals surface area contributed by atoms with E-state index in [4.69, 9.17) is 4.42 Å². The predicted octanol–water partition coefficient (Wildman–Crippen LogP) is 5.56. The van der Waals surface area contributed by atoms with Gasteiger partial charge in [-0.1, -0.05) is 74.1 Å². The fourth-order valence-electron chi connectivity index (χ4n) is 4.48. The summed E-state index contributed by atoms with van der Waals surface area (Å²) in [5.74, 6) is 1.61. The number of carbonyl (C=O) groups excluding carboxylic acids is 1. The number of allylic oxidation sites excluding steroid dienone is 2. The van der Waals surface area contributed by atoms with Crippen molar-refractivity contribution in [2.24, 2.45) is 0 Å². The summed E-state index contributed by atoms with van der Waals surface area (Å²) in [5, 5.41) is 9.43. The fourth-order valence-corrected chi connectivity index (χ4v) is 5.24. The molecule has 2 aromatic carbocycles. The average molecular weight is 471 g/mol. The molecule has 3 heterocycles. The first-order valence-corrected chi connectivity index (χ1v) is 12.2. The summed E-state index contributed by atoms with van der Waals surface area (Å²) in [6, 6.07) is 22.1. The molecular formula is C27H26N4O2S. The maximum Gasteiger partial charge on any atom is 0.200 e. The molecule has 5 rings (SSSR count). The minimum absolute atomic E-state index is 0.0431. The highest BCUT2D eigenvalue weighted by Crippen LogP contribution is 2.46. The number of hydrogen-bond donors (Lipinski definition) is 0. The lowest BCUT2D eigenvalue weighted by Gasteiger charge is -2.23. The number of benzene rings is 2. The van der Waals surface area contributed by atoms with E-state index in [-0.39, 0.29) is 17.0 Å². The summed E-state index contributed by atoms with van der Waals surface area (Å²) >= 11 is 1.40. The molecule has 172 valence electrons. The van der Waals surface area contributed by atoms with Gasteiger partial charge in [-0.3, -0.25) is 9.36 Å². The zero-order chi connectivity index (χ0) is 23.7. The lowest BCUT2D eigenvalue weighted by atomic mass is 9.83. The second kappa shape index (κ2) is 8.99. The third-order valence-electron chi connectivity index (χ3n) is 6.22. The van der Waals surface area contributed by atoms with Crippen LogP contribution >= 0.6 is 11.8 Å². The summed E-state index contributed by atoms with van der Waals surface area (Å²) in [5.41, 5.74) is 4.27. The molecule has 0 radical (unpaired) electrons. The number of para-hydroxylation sites is 1. The Labute approximate surface area is 203 Å². The highest BCUT2D eigenvalue weighted by molar-refractivity contribution is 7.99. The number of likely N-dealkylation sites (N-methyl/N-ethyl adjacent to an activating group) is 1. The van der Waals surface area contributed by atoms with E-state index in [1.165, 1.54) is 17.3 Å². The summed E-state index contributed by atoms with van der Waals surface area (Å²) in [6.07, 6.45) is 3.40. The van der Waals surface area contributed by atoms with Crippen LogP contribution in [0.3, 0.4) is 0 Å². The molecule has 1 aliphatic heterocycles. The molecule has 0 saturated carbocycles. The number of carbonyl (C=O) groups is 1. The van der Waals surface area contributed by atoms with E-state index in [1.807, 2.05) is 54.1 Å². The SMILES string of the molecule is CN1/C(=C/C(=O)CSc2nnc(-c3ccco3)n2Cc2ccccc2)C(C)(C)c2ccccc21. The first kappa shape index (κ1) is 22.2. The minimum Gasteiger partial charge on any atom is -0.461 e. The molecule has 34 heavy (non-hydrogen) atoms. The molecule has 6 nitrogen and oxygen atoms in total. The van der Waals surface area contributed by atoms with Crippen LogP contribution in [0.15, 0.2) is 94.3 Å². The molecule has 0 saturated heterocycles. The maximum atomic E-state index is 13.1.